The molecule has 0 radical (unpaired) electrons. The van der Waals surface area contributed by atoms with E-state index in [1.807, 2.05) is 97.1 Å². The molecule has 132 heavy (non-hydrogen) atoms. The summed E-state index contributed by atoms with van der Waals surface area (Å²) in [4.78, 5) is 67.1. The molecular weight excluding hydrogens is 2050 g/mol. The number of H-pyrrole nitrogens is 1. The molecule has 692 valence electrons. The maximum atomic E-state index is 13.2. The molecule has 0 aliphatic heterocycles. The monoisotopic (exact) mass is 2130 g/mol. The molecule has 0 atom stereocenters. The van der Waals surface area contributed by atoms with Crippen LogP contribution in [-0.4, -0.2) is 103 Å². The molecule has 20 nitrogen and oxygen atoms in total. The Morgan fingerprint density at radius 3 is 1.14 bits per heavy atom. The number of nitrogens with zero attached hydrogens (tertiary/aromatic N) is 11. The van der Waals surface area contributed by atoms with Gasteiger partial charge in [-0.3, -0.25) is 19.1 Å². The van der Waals surface area contributed by atoms with E-state index < -0.39 is 85.6 Å². The van der Waals surface area contributed by atoms with Crippen LogP contribution in [0.4, 0.5) is 39.5 Å². The molecule has 8 aromatic carbocycles. The smallest absolute Gasteiger partial charge is 0.417 e. The predicted octanol–water partition coefficient (Wildman–Crippen LogP) is 29.3. The molecule has 14 aromatic rings. The van der Waals surface area contributed by atoms with Crippen molar-refractivity contribution >= 4 is 137 Å². The summed E-state index contributed by atoms with van der Waals surface area (Å²) in [5.41, 5.74) is 2.17. The summed E-state index contributed by atoms with van der Waals surface area (Å²) in [6.07, 6.45) is -4.66. The molecule has 6 heterocycles. The minimum atomic E-state index is -4.65. The van der Waals surface area contributed by atoms with Gasteiger partial charge in [-0.05, 0) is 149 Å². The zero-order valence-electron chi connectivity index (χ0n) is 71.5. The van der Waals surface area contributed by atoms with E-state index in [2.05, 4.69) is 146 Å². The van der Waals surface area contributed by atoms with E-state index in [1.54, 1.807) is 77.8 Å². The van der Waals surface area contributed by atoms with E-state index in [9.17, 15) is 49.1 Å². The standard InChI is InChI=1S/C24H16ClF3N2O2.C22H22ClF3N2O2Si.C17H10ClF3N2O2.C15H19ClN2OSi.C9H14BrClN2OSi.C4HBrCl2N2/c25-21-19(24(26,27)28)12-7-13-20(21)32-23-29-22(31)18(17-10-5-2-6-11-17)15-30(23)14-16-8-3-1-4-9-16;1-31(2,3)13-12-29-20-16(15-8-5-4-6-9-15)14-27-21(28-20)30-18-11-7-10-17(19(18)23)22(24,25)26;18-14-12(17(19,20)21)7-4-8-13(14)25-16-22-9-11(15(24)23-16)10-5-2-1-3-6-10;1-20(2,3)10-9-19-14-13(11-17-15(16)18-14)12-7-5-4-6-8-12;1-15(2,3)5-4-14-8-7(10)6-12-9(11)13-8;5-2-1-8-4(7)9-3(2)6/h1-13,15H,14H2;4-11,14H,12-13H2,1-3H3;1-9H,(H,22,23,24);4-8,11H,9-10H2,1-3H3;6H,4-5H2,1-3H3;1H. The van der Waals surface area contributed by atoms with Crippen molar-refractivity contribution in [3.05, 3.63) is 331 Å². The summed E-state index contributed by atoms with van der Waals surface area (Å²) in [7, 11) is -3.52. The molecular formula is C91H82Br2Cl7F9N12O8Si3. The Hall–Kier alpha value is -10.3. The van der Waals surface area contributed by atoms with E-state index in [-0.39, 0.29) is 57.7 Å². The third-order valence-electron chi connectivity index (χ3n) is 17.8. The maximum Gasteiger partial charge on any atom is 0.417 e. The van der Waals surface area contributed by atoms with E-state index in [0.717, 1.165) is 69.1 Å². The molecule has 0 saturated heterocycles. The second kappa shape index (κ2) is 48.5. The number of alkyl halides is 9. The Balaban J connectivity index is 0.000000185. The average molecular weight is 2130 g/mol. The number of ether oxygens (including phenoxy) is 6. The Morgan fingerprint density at radius 2 is 0.727 bits per heavy atom. The molecule has 0 amide bonds. The first kappa shape index (κ1) is 105. The quantitative estimate of drug-likeness (QED) is 0.0256. The van der Waals surface area contributed by atoms with Crippen molar-refractivity contribution in [3.8, 4) is 97.4 Å². The van der Waals surface area contributed by atoms with Crippen LogP contribution in [0.5, 0.6) is 52.9 Å². The van der Waals surface area contributed by atoms with Crippen LogP contribution in [0.1, 0.15) is 22.3 Å². The summed E-state index contributed by atoms with van der Waals surface area (Å²) in [5, 5.41) is -0.851. The van der Waals surface area contributed by atoms with Gasteiger partial charge in [0.2, 0.25) is 33.5 Å². The Morgan fingerprint density at radius 1 is 0.371 bits per heavy atom. The van der Waals surface area contributed by atoms with Crippen molar-refractivity contribution in [2.75, 3.05) is 19.8 Å². The van der Waals surface area contributed by atoms with Gasteiger partial charge in [0.25, 0.3) is 11.1 Å². The molecule has 41 heteroatoms. The largest absolute Gasteiger partial charge is 0.477 e. The van der Waals surface area contributed by atoms with Gasteiger partial charge in [-0.15, -0.1) is 0 Å². The number of aromatic amines is 1. The van der Waals surface area contributed by atoms with Gasteiger partial charge in [-0.1, -0.05) is 275 Å². The fraction of sp³-hybridized carbons (Fsp3) is 0.209. The van der Waals surface area contributed by atoms with E-state index >= 15 is 0 Å². The Bertz CT molecular complexity index is 6280. The van der Waals surface area contributed by atoms with Crippen molar-refractivity contribution in [2.24, 2.45) is 0 Å². The van der Waals surface area contributed by atoms with E-state index in [1.165, 1.54) is 48.9 Å². The van der Waals surface area contributed by atoms with E-state index in [0.29, 0.717) is 74.9 Å². The number of hydrogen-bond donors (Lipinski definition) is 1. The average Bonchev–Trinajstić information content (AvgIpc) is 0.795. The lowest BCUT2D eigenvalue weighted by Gasteiger charge is -2.17. The van der Waals surface area contributed by atoms with Crippen LogP contribution >= 0.6 is 113 Å². The summed E-state index contributed by atoms with van der Waals surface area (Å²) < 4.78 is 154. The first-order chi connectivity index (χ1) is 62.3. The molecule has 0 aliphatic rings. The topological polar surface area (TPSA) is 239 Å². The highest BCUT2D eigenvalue weighted by molar-refractivity contribution is 9.10. The Labute approximate surface area is 808 Å². The zero-order chi connectivity index (χ0) is 96.3. The number of hydrogen-bond acceptors (Lipinski definition) is 18. The van der Waals surface area contributed by atoms with Crippen LogP contribution in [0.2, 0.25) is 113 Å². The molecule has 0 unspecified atom stereocenters. The number of rotatable bonds is 24. The molecule has 0 spiro atoms. The van der Waals surface area contributed by atoms with Crippen LogP contribution in [0.3, 0.4) is 0 Å². The summed E-state index contributed by atoms with van der Waals surface area (Å²) in [6.45, 7) is 22.7. The number of benzene rings is 8. The summed E-state index contributed by atoms with van der Waals surface area (Å²) in [6, 6.07) is 59.0. The van der Waals surface area contributed by atoms with E-state index in [4.69, 9.17) is 110 Å². The fourth-order valence-electron chi connectivity index (χ4n) is 11.0. The first-order valence-corrected chi connectivity index (χ1v) is 55.0. The van der Waals surface area contributed by atoms with Crippen LogP contribution < -0.4 is 39.5 Å². The lowest BCUT2D eigenvalue weighted by atomic mass is 10.1. The van der Waals surface area contributed by atoms with Crippen molar-refractivity contribution in [1.82, 2.24) is 59.4 Å². The van der Waals surface area contributed by atoms with Crippen molar-refractivity contribution in [3.63, 3.8) is 0 Å². The highest BCUT2D eigenvalue weighted by Crippen LogP contribution is 2.45. The molecule has 0 saturated carbocycles. The lowest BCUT2D eigenvalue weighted by molar-refractivity contribution is -0.138. The molecule has 0 fully saturated rings. The first-order valence-electron chi connectivity index (χ1n) is 39.6. The minimum absolute atomic E-state index is 0.149. The van der Waals surface area contributed by atoms with Gasteiger partial charge in [-0.2, -0.15) is 59.4 Å². The van der Waals surface area contributed by atoms with Gasteiger partial charge in [0.15, 0.2) is 0 Å². The number of nitrogens with one attached hydrogen (secondary N) is 1. The predicted molar refractivity (Wildman–Crippen MR) is 515 cm³/mol. The van der Waals surface area contributed by atoms with Gasteiger partial charge in [0.05, 0.1) is 89.3 Å². The lowest BCUT2D eigenvalue weighted by Crippen LogP contribution is -2.22. The third-order valence-corrected chi connectivity index (χ3v) is 26.2. The molecule has 1 N–H and O–H groups in total. The van der Waals surface area contributed by atoms with Crippen molar-refractivity contribution in [1.29, 1.82) is 0 Å². The minimum Gasteiger partial charge on any atom is -0.477 e. The van der Waals surface area contributed by atoms with Crippen LogP contribution in [0.15, 0.2) is 262 Å². The fourth-order valence-corrected chi connectivity index (χ4v) is 15.0. The molecule has 6 aromatic heterocycles. The van der Waals surface area contributed by atoms with Gasteiger partial charge in [0, 0.05) is 61.4 Å². The van der Waals surface area contributed by atoms with Crippen LogP contribution in [-0.2, 0) is 25.1 Å². The normalized spacial score (nSPS) is 11.4. The zero-order valence-corrected chi connectivity index (χ0v) is 83.0. The second-order valence-electron chi connectivity index (χ2n) is 31.7. The number of aromatic nitrogens is 12. The van der Waals surface area contributed by atoms with Gasteiger partial charge < -0.3 is 28.4 Å². The molecule has 0 bridgehead atoms. The van der Waals surface area contributed by atoms with Gasteiger partial charge in [-0.25, -0.2) is 29.9 Å². The molecule has 14 rings (SSSR count). The van der Waals surface area contributed by atoms with Crippen molar-refractivity contribution in [2.45, 2.75) is 102 Å². The molecule has 0 aliphatic carbocycles. The summed E-state index contributed by atoms with van der Waals surface area (Å²) >= 11 is 46.5. The summed E-state index contributed by atoms with van der Waals surface area (Å²) in [5.74, 6) is 0.701. The second-order valence-corrected chi connectivity index (χ2v) is 52.8. The van der Waals surface area contributed by atoms with Crippen molar-refractivity contribution < 1.29 is 67.9 Å². The van der Waals surface area contributed by atoms with Crippen LogP contribution in [0, 0.1) is 0 Å². The third kappa shape index (κ3) is 33.7. The SMILES string of the molecule is C[Si](C)(C)CCOc1nc(Cl)ncc1-c1ccccc1.C[Si](C)(C)CCOc1nc(Cl)ncc1Br.C[Si](C)(C)CCOc1nc(Oc2cccc(C(F)(F)F)c2Cl)ncc1-c1ccccc1.Clc1ncc(Br)c(Cl)n1.O=c1[nH]c(Oc2cccc(C(F)(F)F)c2Cl)ncc1-c1ccccc1.O=c1nc(Oc2cccc(C(F)(F)F)c2Cl)n(Cc2ccccc2)cc1-c1ccccc1. The Kier molecular flexibility index (Phi) is 38.7. The van der Waals surface area contributed by atoms with Crippen LogP contribution in [0.25, 0.3) is 44.5 Å². The van der Waals surface area contributed by atoms with Gasteiger partial charge in [0.1, 0.15) is 22.4 Å². The maximum absolute atomic E-state index is 13.2. The van der Waals surface area contributed by atoms with Gasteiger partial charge >= 0.3 is 36.6 Å². The highest BCUT2D eigenvalue weighted by atomic mass is 79.9. The highest BCUT2D eigenvalue weighted by Gasteiger charge is 2.37. The number of halogens is 18.